The summed E-state index contributed by atoms with van der Waals surface area (Å²) in [6.07, 6.45) is 2.30. The second-order valence-electron chi connectivity index (χ2n) is 7.02. The summed E-state index contributed by atoms with van der Waals surface area (Å²) in [5, 5.41) is 0.570. The Labute approximate surface area is 158 Å². The summed E-state index contributed by atoms with van der Waals surface area (Å²) in [5.41, 5.74) is 1.87. The Morgan fingerprint density at radius 3 is 2.44 bits per heavy atom. The number of amides is 2. The highest BCUT2D eigenvalue weighted by atomic mass is 32.1. The average molecular weight is 380 g/mol. The molecule has 1 saturated carbocycles. The number of benzene rings is 1. The molecule has 2 aromatic heterocycles. The first kappa shape index (κ1) is 16.3. The van der Waals surface area contributed by atoms with Crippen LogP contribution in [0, 0.1) is 12.8 Å². The first-order valence-electron chi connectivity index (χ1n) is 8.82. The minimum Gasteiger partial charge on any atom is -0.334 e. The molecule has 27 heavy (non-hydrogen) atoms. The van der Waals surface area contributed by atoms with Crippen LogP contribution < -0.4 is 0 Å². The molecule has 3 heterocycles. The molecule has 0 radical (unpaired) electrons. The van der Waals surface area contributed by atoms with Gasteiger partial charge in [0, 0.05) is 11.4 Å². The van der Waals surface area contributed by atoms with E-state index in [-0.39, 0.29) is 11.1 Å². The molecular weight excluding hydrogens is 364 g/mol. The summed E-state index contributed by atoms with van der Waals surface area (Å²) in [4.78, 5) is 44.1. The lowest BCUT2D eigenvalue weighted by atomic mass is 10.1. The van der Waals surface area contributed by atoms with Gasteiger partial charge in [-0.25, -0.2) is 4.79 Å². The van der Waals surface area contributed by atoms with Crippen LogP contribution in [0.5, 0.6) is 0 Å². The number of aromatic nitrogens is 1. The van der Waals surface area contributed by atoms with Crippen LogP contribution in [0.25, 0.3) is 10.2 Å². The van der Waals surface area contributed by atoms with Gasteiger partial charge in [0.05, 0.1) is 21.3 Å². The summed E-state index contributed by atoms with van der Waals surface area (Å²) in [6, 6.07) is 10.3. The number of hydrogen-bond acceptors (Lipinski definition) is 5. The van der Waals surface area contributed by atoms with Gasteiger partial charge >= 0.3 is 5.97 Å². The average Bonchev–Trinajstić information content (AvgIpc) is 3.26. The Bertz CT molecular complexity index is 1090. The Kier molecular flexibility index (Phi) is 3.48. The molecule has 0 unspecified atom stereocenters. The zero-order valence-electron chi connectivity index (χ0n) is 14.6. The van der Waals surface area contributed by atoms with Gasteiger partial charge in [0.25, 0.3) is 11.8 Å². The van der Waals surface area contributed by atoms with Crippen molar-refractivity contribution in [3.8, 4) is 0 Å². The summed E-state index contributed by atoms with van der Waals surface area (Å²) in [7, 11) is 0. The predicted molar refractivity (Wildman–Crippen MR) is 99.6 cm³/mol. The standard InChI is InChI=1S/C20H16N2O4S/c1-11-8-15-17(27-11)9-16(21(15)10-12-6-7-12)20(25)26-22-18(23)13-4-2-3-5-14(13)19(22)24/h2-5,8-9,12H,6-7,10H2,1H3. The molecule has 0 saturated heterocycles. The molecule has 1 fully saturated rings. The fourth-order valence-electron chi connectivity index (χ4n) is 3.47. The van der Waals surface area contributed by atoms with Gasteiger partial charge in [0.2, 0.25) is 0 Å². The Morgan fingerprint density at radius 1 is 1.15 bits per heavy atom. The number of hydroxylamine groups is 2. The maximum atomic E-state index is 12.8. The number of aryl methyl sites for hydroxylation is 1. The van der Waals surface area contributed by atoms with Crippen molar-refractivity contribution < 1.29 is 19.2 Å². The highest BCUT2D eigenvalue weighted by Crippen LogP contribution is 2.36. The van der Waals surface area contributed by atoms with Gasteiger partial charge in [0.1, 0.15) is 5.69 Å². The molecule has 136 valence electrons. The Morgan fingerprint density at radius 2 is 1.81 bits per heavy atom. The molecule has 3 aromatic rings. The van der Waals surface area contributed by atoms with E-state index in [1.54, 1.807) is 41.7 Å². The van der Waals surface area contributed by atoms with Crippen LogP contribution in [0.2, 0.25) is 0 Å². The number of hydrogen-bond donors (Lipinski definition) is 0. The maximum Gasteiger partial charge on any atom is 0.380 e. The Hall–Kier alpha value is -2.93. The quantitative estimate of drug-likeness (QED) is 0.646. The molecule has 0 N–H and O–H groups in total. The molecule has 7 heteroatoms. The molecule has 2 amide bonds. The number of rotatable bonds is 4. The lowest BCUT2D eigenvalue weighted by Crippen LogP contribution is -2.33. The van der Waals surface area contributed by atoms with Gasteiger partial charge < -0.3 is 9.40 Å². The van der Waals surface area contributed by atoms with Gasteiger partial charge in [-0.05, 0) is 49.9 Å². The minimum absolute atomic E-state index is 0.250. The molecule has 1 aromatic carbocycles. The van der Waals surface area contributed by atoms with Crippen molar-refractivity contribution in [3.05, 3.63) is 58.1 Å². The van der Waals surface area contributed by atoms with Crippen LogP contribution in [0.1, 0.15) is 48.9 Å². The van der Waals surface area contributed by atoms with Gasteiger partial charge in [-0.1, -0.05) is 17.2 Å². The van der Waals surface area contributed by atoms with Crippen LogP contribution in [0.3, 0.4) is 0 Å². The lowest BCUT2D eigenvalue weighted by molar-refractivity contribution is -0.0591. The van der Waals surface area contributed by atoms with Gasteiger partial charge in [0.15, 0.2) is 0 Å². The molecule has 0 bridgehead atoms. The molecule has 0 spiro atoms. The molecule has 5 rings (SSSR count). The number of thiophene rings is 1. The predicted octanol–water partition coefficient (Wildman–Crippen LogP) is 3.79. The zero-order valence-corrected chi connectivity index (χ0v) is 15.4. The Balaban J connectivity index is 1.47. The van der Waals surface area contributed by atoms with Crippen molar-refractivity contribution in [2.24, 2.45) is 5.92 Å². The number of carbonyl (C=O) groups is 3. The van der Waals surface area contributed by atoms with E-state index in [0.717, 1.165) is 29.6 Å². The van der Waals surface area contributed by atoms with E-state index in [9.17, 15) is 14.4 Å². The number of nitrogens with zero attached hydrogens (tertiary/aromatic N) is 2. The second kappa shape index (κ2) is 5.79. The summed E-state index contributed by atoms with van der Waals surface area (Å²) >= 11 is 1.61. The van der Waals surface area contributed by atoms with E-state index in [2.05, 4.69) is 6.07 Å². The van der Waals surface area contributed by atoms with E-state index in [1.807, 2.05) is 11.5 Å². The monoisotopic (exact) mass is 380 g/mol. The minimum atomic E-state index is -0.689. The largest absolute Gasteiger partial charge is 0.380 e. The molecule has 1 aliphatic heterocycles. The zero-order chi connectivity index (χ0) is 18.7. The van der Waals surface area contributed by atoms with Crippen molar-refractivity contribution in [1.82, 2.24) is 9.63 Å². The van der Waals surface area contributed by atoms with Gasteiger partial charge in [-0.3, -0.25) is 9.59 Å². The molecule has 6 nitrogen and oxygen atoms in total. The van der Waals surface area contributed by atoms with Crippen molar-refractivity contribution in [2.75, 3.05) is 0 Å². The number of carbonyl (C=O) groups excluding carboxylic acids is 3. The van der Waals surface area contributed by atoms with Crippen LogP contribution in [0.15, 0.2) is 36.4 Å². The molecule has 1 aliphatic carbocycles. The van der Waals surface area contributed by atoms with E-state index >= 15 is 0 Å². The topological polar surface area (TPSA) is 68.6 Å². The molecular formula is C20H16N2O4S. The van der Waals surface area contributed by atoms with E-state index in [4.69, 9.17) is 4.84 Å². The van der Waals surface area contributed by atoms with Crippen molar-refractivity contribution >= 4 is 39.3 Å². The highest BCUT2D eigenvalue weighted by Gasteiger charge is 2.39. The smallest absolute Gasteiger partial charge is 0.334 e. The number of fused-ring (bicyclic) bond motifs is 2. The first-order valence-corrected chi connectivity index (χ1v) is 9.64. The summed E-state index contributed by atoms with van der Waals surface area (Å²) < 4.78 is 2.96. The SMILES string of the molecule is Cc1cc2c(cc(C(=O)ON3C(=O)c4ccccc4C3=O)n2CC2CC2)s1. The van der Waals surface area contributed by atoms with Crippen LogP contribution in [-0.4, -0.2) is 27.4 Å². The van der Waals surface area contributed by atoms with E-state index in [1.165, 1.54) is 4.88 Å². The third-order valence-corrected chi connectivity index (χ3v) is 5.98. The third-order valence-electron chi connectivity index (χ3n) is 4.99. The van der Waals surface area contributed by atoms with Crippen LogP contribution in [-0.2, 0) is 11.4 Å². The molecule has 0 atom stereocenters. The fraction of sp³-hybridized carbons (Fsp3) is 0.250. The van der Waals surface area contributed by atoms with Crippen LogP contribution in [0.4, 0.5) is 0 Å². The van der Waals surface area contributed by atoms with Crippen molar-refractivity contribution in [2.45, 2.75) is 26.3 Å². The van der Waals surface area contributed by atoms with E-state index < -0.39 is 17.8 Å². The highest BCUT2D eigenvalue weighted by molar-refractivity contribution is 7.19. The third kappa shape index (κ3) is 2.57. The first-order chi connectivity index (χ1) is 13.0. The lowest BCUT2D eigenvalue weighted by Gasteiger charge is -2.14. The normalized spacial score (nSPS) is 16.3. The van der Waals surface area contributed by atoms with Crippen LogP contribution >= 0.6 is 11.3 Å². The number of imide groups is 1. The van der Waals surface area contributed by atoms with Gasteiger partial charge in [-0.15, -0.1) is 11.3 Å². The van der Waals surface area contributed by atoms with Gasteiger partial charge in [-0.2, -0.15) is 0 Å². The fourth-order valence-corrected chi connectivity index (χ4v) is 4.43. The summed E-state index contributed by atoms with van der Waals surface area (Å²) in [5.74, 6) is -1.35. The van der Waals surface area contributed by atoms with Crippen molar-refractivity contribution in [3.63, 3.8) is 0 Å². The molecule has 2 aliphatic rings. The second-order valence-corrected chi connectivity index (χ2v) is 8.31. The van der Waals surface area contributed by atoms with E-state index in [0.29, 0.717) is 16.7 Å². The summed E-state index contributed by atoms with van der Waals surface area (Å²) in [6.45, 7) is 2.77. The van der Waals surface area contributed by atoms with Crippen molar-refractivity contribution in [1.29, 1.82) is 0 Å². The maximum absolute atomic E-state index is 12.8.